The van der Waals surface area contributed by atoms with Gasteiger partial charge in [-0.25, -0.2) is 4.79 Å². The fourth-order valence-electron chi connectivity index (χ4n) is 1.57. The van der Waals surface area contributed by atoms with E-state index in [1.165, 1.54) is 19.2 Å². The average Bonchev–Trinajstić information content (AvgIpc) is 2.37. The Morgan fingerprint density at radius 3 is 2.00 bits per heavy atom. The molecule has 0 radical (unpaired) electrons. The van der Waals surface area contributed by atoms with Gasteiger partial charge in [0, 0.05) is 0 Å². The van der Waals surface area contributed by atoms with Crippen LogP contribution in [-0.2, 0) is 21.3 Å². The summed E-state index contributed by atoms with van der Waals surface area (Å²) in [7, 11) is 1.17. The smallest absolute Gasteiger partial charge is 0.438 e. The molecule has 0 bridgehead atoms. The Morgan fingerprint density at radius 1 is 1.16 bits per heavy atom. The molecule has 0 fully saturated rings. The fourth-order valence-corrected chi connectivity index (χ4v) is 1.57. The monoisotopic (exact) mass is 276 g/mol. The molecule has 0 heterocycles. The molecule has 1 aromatic carbocycles. The Morgan fingerprint density at radius 2 is 1.63 bits per heavy atom. The first-order chi connectivity index (χ1) is 8.73. The number of methoxy groups -OCH3 is 1. The van der Waals surface area contributed by atoms with Crippen LogP contribution in [0, 0.1) is 0 Å². The molecule has 0 spiro atoms. The van der Waals surface area contributed by atoms with Crippen LogP contribution in [0.5, 0.6) is 0 Å². The Kier molecular flexibility index (Phi) is 4.44. The largest absolute Gasteiger partial charge is 0.508 e. The minimum absolute atomic E-state index is 0.410. The minimum atomic E-state index is -4.38. The molecule has 0 amide bonds. The molecular formula is C13H15F3O3. The molecule has 1 atom stereocenters. The molecule has 0 aliphatic carbocycles. The zero-order valence-electron chi connectivity index (χ0n) is 10.9. The molecule has 106 valence electrons. The first-order valence-corrected chi connectivity index (χ1v) is 5.67. The van der Waals surface area contributed by atoms with Gasteiger partial charge in [-0.05, 0) is 31.0 Å². The summed E-state index contributed by atoms with van der Waals surface area (Å²) in [6.45, 7) is 3.38. The number of hydrogen-bond acceptors (Lipinski definition) is 3. The van der Waals surface area contributed by atoms with E-state index in [0.717, 1.165) is 12.1 Å². The lowest BCUT2D eigenvalue weighted by Crippen LogP contribution is -2.28. The van der Waals surface area contributed by atoms with Gasteiger partial charge in [0.25, 0.3) is 0 Å². The molecule has 3 nitrogen and oxygen atoms in total. The summed E-state index contributed by atoms with van der Waals surface area (Å²) in [6.07, 6.45) is -4.85. The summed E-state index contributed by atoms with van der Waals surface area (Å²) in [5.41, 5.74) is -1.28. The van der Waals surface area contributed by atoms with Gasteiger partial charge in [0.2, 0.25) is 0 Å². The highest BCUT2D eigenvalue weighted by Gasteiger charge is 2.33. The third-order valence-electron chi connectivity index (χ3n) is 2.97. The SMILES string of the molecule is CCC(C)(OC(=O)OC)c1ccc(C(F)(F)F)cc1. The quantitative estimate of drug-likeness (QED) is 0.779. The molecule has 0 aliphatic rings. The summed E-state index contributed by atoms with van der Waals surface area (Å²) >= 11 is 0. The van der Waals surface area contributed by atoms with Crippen LogP contribution in [0.15, 0.2) is 24.3 Å². The molecule has 0 saturated carbocycles. The van der Waals surface area contributed by atoms with Crippen molar-refractivity contribution in [2.75, 3.05) is 7.11 Å². The first-order valence-electron chi connectivity index (χ1n) is 5.67. The van der Waals surface area contributed by atoms with Gasteiger partial charge in [0.1, 0.15) is 5.60 Å². The zero-order valence-corrected chi connectivity index (χ0v) is 10.9. The predicted molar refractivity (Wildman–Crippen MR) is 62.6 cm³/mol. The van der Waals surface area contributed by atoms with Crippen LogP contribution in [0.2, 0.25) is 0 Å². The van der Waals surface area contributed by atoms with Crippen LogP contribution in [0.4, 0.5) is 18.0 Å². The molecular weight excluding hydrogens is 261 g/mol. The van der Waals surface area contributed by atoms with E-state index < -0.39 is 23.5 Å². The lowest BCUT2D eigenvalue weighted by molar-refractivity contribution is -0.137. The van der Waals surface area contributed by atoms with Gasteiger partial charge in [-0.2, -0.15) is 13.2 Å². The maximum atomic E-state index is 12.5. The van der Waals surface area contributed by atoms with E-state index in [0.29, 0.717) is 12.0 Å². The fraction of sp³-hybridized carbons (Fsp3) is 0.462. The van der Waals surface area contributed by atoms with Crippen molar-refractivity contribution in [2.24, 2.45) is 0 Å². The van der Waals surface area contributed by atoms with Gasteiger partial charge in [-0.15, -0.1) is 0 Å². The number of alkyl halides is 3. The average molecular weight is 276 g/mol. The van der Waals surface area contributed by atoms with E-state index in [1.807, 2.05) is 0 Å². The maximum Gasteiger partial charge on any atom is 0.508 e. The summed E-state index contributed by atoms with van der Waals surface area (Å²) in [5, 5.41) is 0. The molecule has 1 aromatic rings. The van der Waals surface area contributed by atoms with Crippen LogP contribution in [0.1, 0.15) is 31.4 Å². The molecule has 0 saturated heterocycles. The predicted octanol–water partition coefficient (Wildman–Crippen LogP) is 4.11. The summed E-state index contributed by atoms with van der Waals surface area (Å²) in [5.74, 6) is 0. The van der Waals surface area contributed by atoms with E-state index >= 15 is 0 Å². The van der Waals surface area contributed by atoms with Crippen LogP contribution >= 0.6 is 0 Å². The van der Waals surface area contributed by atoms with Gasteiger partial charge >= 0.3 is 12.3 Å². The van der Waals surface area contributed by atoms with Crippen LogP contribution < -0.4 is 0 Å². The lowest BCUT2D eigenvalue weighted by Gasteiger charge is -2.28. The summed E-state index contributed by atoms with van der Waals surface area (Å²) < 4.78 is 46.9. The standard InChI is InChI=1S/C13H15F3O3/c1-4-12(2,19-11(17)18-3)9-5-7-10(8-6-9)13(14,15)16/h5-8H,4H2,1-3H3. The highest BCUT2D eigenvalue weighted by atomic mass is 19.4. The normalized spacial score (nSPS) is 14.6. The zero-order chi connectivity index (χ0) is 14.7. The number of carbonyl (C=O) groups excluding carboxylic acids is 1. The second-order valence-electron chi connectivity index (χ2n) is 4.22. The first kappa shape index (κ1) is 15.3. The molecule has 19 heavy (non-hydrogen) atoms. The van der Waals surface area contributed by atoms with Crippen molar-refractivity contribution in [1.29, 1.82) is 0 Å². The summed E-state index contributed by atoms with van der Waals surface area (Å²) in [6, 6.07) is 4.53. The van der Waals surface area contributed by atoms with E-state index in [2.05, 4.69) is 4.74 Å². The highest BCUT2D eigenvalue weighted by Crippen LogP contribution is 2.33. The number of ether oxygens (including phenoxy) is 2. The Hall–Kier alpha value is -1.72. The van der Waals surface area contributed by atoms with Crippen LogP contribution in [0.25, 0.3) is 0 Å². The molecule has 0 aliphatic heterocycles. The van der Waals surface area contributed by atoms with Crippen molar-refractivity contribution in [3.05, 3.63) is 35.4 Å². The topological polar surface area (TPSA) is 35.5 Å². The van der Waals surface area contributed by atoms with Crippen molar-refractivity contribution in [3.63, 3.8) is 0 Å². The third-order valence-corrected chi connectivity index (χ3v) is 2.97. The van der Waals surface area contributed by atoms with Crippen LogP contribution in [-0.4, -0.2) is 13.3 Å². The number of benzene rings is 1. The molecule has 6 heteroatoms. The molecule has 1 unspecified atom stereocenters. The second-order valence-corrected chi connectivity index (χ2v) is 4.22. The number of rotatable bonds is 3. The van der Waals surface area contributed by atoms with Gasteiger partial charge < -0.3 is 9.47 Å². The summed E-state index contributed by atoms with van der Waals surface area (Å²) in [4.78, 5) is 11.2. The Balaban J connectivity index is 3.03. The van der Waals surface area contributed by atoms with Crippen molar-refractivity contribution in [1.82, 2.24) is 0 Å². The molecule has 1 rings (SSSR count). The van der Waals surface area contributed by atoms with Gasteiger partial charge in [-0.3, -0.25) is 0 Å². The van der Waals surface area contributed by atoms with Crippen LogP contribution in [0.3, 0.4) is 0 Å². The van der Waals surface area contributed by atoms with E-state index in [4.69, 9.17) is 4.74 Å². The van der Waals surface area contributed by atoms with Crippen molar-refractivity contribution < 1.29 is 27.4 Å². The number of carbonyl (C=O) groups is 1. The van der Waals surface area contributed by atoms with E-state index in [9.17, 15) is 18.0 Å². The highest BCUT2D eigenvalue weighted by molar-refractivity contribution is 5.60. The molecule has 0 aromatic heterocycles. The third kappa shape index (κ3) is 3.62. The Labute approximate surface area is 109 Å². The lowest BCUT2D eigenvalue weighted by atomic mass is 9.92. The maximum absolute atomic E-state index is 12.5. The van der Waals surface area contributed by atoms with Crippen molar-refractivity contribution >= 4 is 6.16 Å². The second kappa shape index (κ2) is 5.50. The van der Waals surface area contributed by atoms with E-state index in [1.54, 1.807) is 13.8 Å². The van der Waals surface area contributed by atoms with Gasteiger partial charge in [-0.1, -0.05) is 19.1 Å². The number of halogens is 3. The van der Waals surface area contributed by atoms with Crippen molar-refractivity contribution in [2.45, 2.75) is 32.0 Å². The molecule has 0 N–H and O–H groups in total. The minimum Gasteiger partial charge on any atom is -0.438 e. The van der Waals surface area contributed by atoms with E-state index in [-0.39, 0.29) is 0 Å². The Bertz CT molecular complexity index is 439. The van der Waals surface area contributed by atoms with Crippen molar-refractivity contribution in [3.8, 4) is 0 Å². The number of hydrogen-bond donors (Lipinski definition) is 0. The van der Waals surface area contributed by atoms with Gasteiger partial charge in [0.15, 0.2) is 0 Å². The van der Waals surface area contributed by atoms with Gasteiger partial charge in [0.05, 0.1) is 12.7 Å².